The normalized spacial score (nSPS) is 10.8. The van der Waals surface area contributed by atoms with E-state index in [4.69, 9.17) is 46.4 Å². The van der Waals surface area contributed by atoms with E-state index in [1.54, 1.807) is 36.4 Å². The molecule has 0 fully saturated rings. The molecule has 4 aromatic rings. The first kappa shape index (κ1) is 24.4. The number of halogens is 4. The van der Waals surface area contributed by atoms with E-state index in [0.29, 0.717) is 42.3 Å². The molecule has 0 aromatic heterocycles. The maximum Gasteiger partial charge on any atom is 0.196 e. The molecule has 0 amide bonds. The minimum Gasteiger partial charge on any atom is -0.388 e. The van der Waals surface area contributed by atoms with Gasteiger partial charge in [-0.25, -0.2) is 0 Å². The lowest BCUT2D eigenvalue weighted by atomic mass is 9.94. The Balaban J connectivity index is 1.83. The topological polar surface area (TPSA) is 41.1 Å². The number of benzene rings is 4. The van der Waals surface area contributed by atoms with Crippen LogP contribution in [0.25, 0.3) is 22.3 Å². The van der Waals surface area contributed by atoms with Gasteiger partial charge in [-0.1, -0.05) is 70.7 Å². The lowest BCUT2D eigenvalue weighted by Gasteiger charge is -2.16. The van der Waals surface area contributed by atoms with Gasteiger partial charge in [-0.15, -0.1) is 0 Å². The van der Waals surface area contributed by atoms with Crippen molar-refractivity contribution >= 4 is 63.6 Å². The molecule has 4 rings (SSSR count). The van der Waals surface area contributed by atoms with Gasteiger partial charge in [0.15, 0.2) is 5.78 Å². The van der Waals surface area contributed by atoms with Gasteiger partial charge in [-0.3, -0.25) is 4.79 Å². The molecule has 0 bridgehead atoms. The standard InChI is InChI=1S/C27H20Cl4N2O/c1-32-23-11-9-15(28)13-21(23)17-5-3-7-19(25(17)30)27(34)20-8-4-6-18(26(20)31)22-14-16(29)10-12-24(22)33-2/h3-14,32-33H,1-2H3. The first-order valence-corrected chi connectivity index (χ1v) is 11.9. The molecule has 0 aliphatic carbocycles. The van der Waals surface area contributed by atoms with Crippen molar-refractivity contribution in [1.29, 1.82) is 0 Å². The van der Waals surface area contributed by atoms with Crippen molar-refractivity contribution in [2.75, 3.05) is 24.7 Å². The molecule has 3 nitrogen and oxygen atoms in total. The fraction of sp³-hybridized carbons (Fsp3) is 0.0741. The van der Waals surface area contributed by atoms with E-state index in [2.05, 4.69) is 10.6 Å². The first-order valence-electron chi connectivity index (χ1n) is 10.4. The van der Waals surface area contributed by atoms with E-state index < -0.39 is 0 Å². The Morgan fingerprint density at radius 3 is 1.38 bits per heavy atom. The van der Waals surface area contributed by atoms with Gasteiger partial charge in [-0.2, -0.15) is 0 Å². The Labute approximate surface area is 218 Å². The predicted octanol–water partition coefficient (Wildman–Crippen LogP) is 8.95. The van der Waals surface area contributed by atoms with E-state index >= 15 is 0 Å². The van der Waals surface area contributed by atoms with Gasteiger partial charge in [0, 0.05) is 68.9 Å². The zero-order chi connectivity index (χ0) is 24.4. The summed E-state index contributed by atoms with van der Waals surface area (Å²) in [6.45, 7) is 0. The lowest BCUT2D eigenvalue weighted by Crippen LogP contribution is -2.05. The Morgan fingerprint density at radius 2 is 1.00 bits per heavy atom. The molecule has 0 unspecified atom stereocenters. The van der Waals surface area contributed by atoms with Crippen molar-refractivity contribution in [3.05, 3.63) is 104 Å². The summed E-state index contributed by atoms with van der Waals surface area (Å²) in [6, 6.07) is 21.6. The summed E-state index contributed by atoms with van der Waals surface area (Å²) in [5.74, 6) is -0.278. The molecule has 0 atom stereocenters. The van der Waals surface area contributed by atoms with Crippen molar-refractivity contribution in [3.63, 3.8) is 0 Å². The number of hydrogen-bond acceptors (Lipinski definition) is 3. The van der Waals surface area contributed by atoms with Crippen molar-refractivity contribution in [2.24, 2.45) is 0 Å². The largest absolute Gasteiger partial charge is 0.388 e. The average Bonchev–Trinajstić information content (AvgIpc) is 2.84. The molecule has 0 heterocycles. The maximum absolute atomic E-state index is 13.6. The third kappa shape index (κ3) is 4.62. The van der Waals surface area contributed by atoms with Crippen molar-refractivity contribution < 1.29 is 4.79 Å². The summed E-state index contributed by atoms with van der Waals surface area (Å²) in [4.78, 5) is 13.6. The zero-order valence-electron chi connectivity index (χ0n) is 18.3. The number of hydrogen-bond donors (Lipinski definition) is 2. The van der Waals surface area contributed by atoms with Crippen LogP contribution < -0.4 is 10.6 Å². The van der Waals surface area contributed by atoms with Crippen LogP contribution in [0.4, 0.5) is 11.4 Å². The number of nitrogens with one attached hydrogen (secondary N) is 2. The van der Waals surface area contributed by atoms with E-state index in [9.17, 15) is 4.79 Å². The summed E-state index contributed by atoms with van der Waals surface area (Å²) in [7, 11) is 3.63. The maximum atomic E-state index is 13.6. The summed E-state index contributed by atoms with van der Waals surface area (Å²) < 4.78 is 0. The van der Waals surface area contributed by atoms with Crippen LogP contribution in [0.3, 0.4) is 0 Å². The quantitative estimate of drug-likeness (QED) is 0.245. The van der Waals surface area contributed by atoms with Crippen LogP contribution in [-0.4, -0.2) is 19.9 Å². The molecule has 34 heavy (non-hydrogen) atoms. The fourth-order valence-corrected chi connectivity index (χ4v) is 4.86. The van der Waals surface area contributed by atoms with Gasteiger partial charge >= 0.3 is 0 Å². The highest BCUT2D eigenvalue weighted by molar-refractivity contribution is 6.41. The van der Waals surface area contributed by atoms with Crippen LogP contribution in [-0.2, 0) is 0 Å². The van der Waals surface area contributed by atoms with Crippen LogP contribution >= 0.6 is 46.4 Å². The van der Waals surface area contributed by atoms with Gasteiger partial charge in [0.05, 0.1) is 10.0 Å². The van der Waals surface area contributed by atoms with Gasteiger partial charge in [0.1, 0.15) is 0 Å². The number of carbonyl (C=O) groups is 1. The highest BCUT2D eigenvalue weighted by Gasteiger charge is 2.22. The molecule has 0 aliphatic heterocycles. The Hall–Kier alpha value is -2.69. The highest BCUT2D eigenvalue weighted by Crippen LogP contribution is 2.40. The summed E-state index contributed by atoms with van der Waals surface area (Å²) in [6.07, 6.45) is 0. The Morgan fingerprint density at radius 1 is 0.588 bits per heavy atom. The van der Waals surface area contributed by atoms with Crippen LogP contribution in [0.5, 0.6) is 0 Å². The molecular weight excluding hydrogens is 510 g/mol. The van der Waals surface area contributed by atoms with Gasteiger partial charge in [0.2, 0.25) is 0 Å². The van der Waals surface area contributed by atoms with Crippen LogP contribution in [0.1, 0.15) is 15.9 Å². The molecule has 0 saturated carbocycles. The summed E-state index contributed by atoms with van der Waals surface area (Å²) in [5, 5.41) is 8.07. The van der Waals surface area contributed by atoms with Crippen LogP contribution in [0.15, 0.2) is 72.8 Å². The SMILES string of the molecule is CNc1ccc(Cl)cc1-c1cccc(C(=O)c2cccc(-c3cc(Cl)ccc3NC)c2Cl)c1Cl. The second kappa shape index (κ2) is 10.3. The second-order valence-corrected chi connectivity index (χ2v) is 9.17. The number of rotatable bonds is 6. The number of carbonyl (C=O) groups excluding carboxylic acids is 1. The number of anilines is 2. The van der Waals surface area contributed by atoms with E-state index in [1.807, 2.05) is 50.5 Å². The summed E-state index contributed by atoms with van der Waals surface area (Å²) >= 11 is 26.0. The van der Waals surface area contributed by atoms with E-state index in [0.717, 1.165) is 22.5 Å². The van der Waals surface area contributed by atoms with Crippen LogP contribution in [0.2, 0.25) is 20.1 Å². The molecule has 0 aliphatic rings. The average molecular weight is 530 g/mol. The molecule has 172 valence electrons. The molecule has 0 spiro atoms. The minimum atomic E-state index is -0.278. The van der Waals surface area contributed by atoms with E-state index in [-0.39, 0.29) is 5.78 Å². The van der Waals surface area contributed by atoms with Gasteiger partial charge < -0.3 is 10.6 Å². The Kier molecular flexibility index (Phi) is 7.39. The van der Waals surface area contributed by atoms with E-state index in [1.165, 1.54) is 0 Å². The number of ketones is 1. The fourth-order valence-electron chi connectivity index (χ4n) is 3.89. The van der Waals surface area contributed by atoms with Gasteiger partial charge in [-0.05, 0) is 48.5 Å². The molecule has 0 radical (unpaired) electrons. The lowest BCUT2D eigenvalue weighted by molar-refractivity contribution is 0.103. The predicted molar refractivity (Wildman–Crippen MR) is 146 cm³/mol. The molecule has 7 heteroatoms. The third-order valence-electron chi connectivity index (χ3n) is 5.57. The second-order valence-electron chi connectivity index (χ2n) is 7.54. The molecule has 4 aromatic carbocycles. The zero-order valence-corrected chi connectivity index (χ0v) is 21.4. The van der Waals surface area contributed by atoms with Crippen molar-refractivity contribution in [2.45, 2.75) is 0 Å². The highest BCUT2D eigenvalue weighted by atomic mass is 35.5. The third-order valence-corrected chi connectivity index (χ3v) is 6.85. The smallest absolute Gasteiger partial charge is 0.196 e. The molecular formula is C27H20Cl4N2O. The molecule has 0 saturated heterocycles. The van der Waals surface area contributed by atoms with Crippen molar-refractivity contribution in [3.8, 4) is 22.3 Å². The minimum absolute atomic E-state index is 0.278. The molecule has 2 N–H and O–H groups in total. The van der Waals surface area contributed by atoms with Crippen LogP contribution in [0, 0.1) is 0 Å². The van der Waals surface area contributed by atoms with Gasteiger partial charge in [0.25, 0.3) is 0 Å². The summed E-state index contributed by atoms with van der Waals surface area (Å²) in [5.41, 5.74) is 5.37. The monoisotopic (exact) mass is 528 g/mol. The first-order chi connectivity index (χ1) is 16.3. The van der Waals surface area contributed by atoms with Crippen molar-refractivity contribution in [1.82, 2.24) is 0 Å². The Bertz CT molecular complexity index is 1300.